The zero-order valence-corrected chi connectivity index (χ0v) is 19.3. The highest BCUT2D eigenvalue weighted by Crippen LogP contribution is 2.32. The molecular weight excluding hydrogens is 409 g/mol. The van der Waals surface area contributed by atoms with E-state index in [9.17, 15) is 13.2 Å². The van der Waals surface area contributed by atoms with Crippen LogP contribution in [-0.2, 0) is 6.18 Å². The van der Waals surface area contributed by atoms with Crippen molar-refractivity contribution in [2.24, 2.45) is 0 Å². The Balaban J connectivity index is 1.97. The number of halogens is 3. The van der Waals surface area contributed by atoms with E-state index in [1.165, 1.54) is 57.1 Å². The molecule has 2 rings (SSSR count). The van der Waals surface area contributed by atoms with Crippen LogP contribution < -0.4 is 4.74 Å². The van der Waals surface area contributed by atoms with Gasteiger partial charge in [0.25, 0.3) is 0 Å². The molecule has 32 heavy (non-hydrogen) atoms. The number of hydrogen-bond donors (Lipinski definition) is 0. The molecule has 174 valence electrons. The molecule has 0 N–H and O–H groups in total. The van der Waals surface area contributed by atoms with Gasteiger partial charge in [0.1, 0.15) is 5.75 Å². The first-order valence-corrected chi connectivity index (χ1v) is 11.7. The van der Waals surface area contributed by atoms with E-state index in [2.05, 4.69) is 6.92 Å². The van der Waals surface area contributed by atoms with E-state index in [4.69, 9.17) is 4.74 Å². The second-order valence-electron chi connectivity index (χ2n) is 8.07. The van der Waals surface area contributed by atoms with Gasteiger partial charge in [-0.3, -0.25) is 0 Å². The normalized spacial score (nSPS) is 12.5. The summed E-state index contributed by atoms with van der Waals surface area (Å²) in [6, 6.07) is 13.1. The van der Waals surface area contributed by atoms with E-state index in [-0.39, 0.29) is 0 Å². The van der Waals surface area contributed by atoms with Gasteiger partial charge >= 0.3 is 6.18 Å². The monoisotopic (exact) mass is 444 g/mol. The van der Waals surface area contributed by atoms with Gasteiger partial charge in [-0.2, -0.15) is 13.2 Å². The third-order valence-electron chi connectivity index (χ3n) is 5.32. The Morgan fingerprint density at radius 3 is 2.25 bits per heavy atom. The van der Waals surface area contributed by atoms with Crippen molar-refractivity contribution in [3.8, 4) is 5.75 Å². The Kier molecular flexibility index (Phi) is 11.1. The zero-order valence-electron chi connectivity index (χ0n) is 19.3. The van der Waals surface area contributed by atoms with Gasteiger partial charge in [0.2, 0.25) is 0 Å². The molecule has 0 bridgehead atoms. The summed E-state index contributed by atoms with van der Waals surface area (Å²) in [5.41, 5.74) is 1.50. The van der Waals surface area contributed by atoms with Crippen LogP contribution in [-0.4, -0.2) is 6.61 Å². The number of rotatable bonds is 13. The number of allylic oxidation sites excluding steroid dienone is 3. The van der Waals surface area contributed by atoms with Crippen molar-refractivity contribution in [3.63, 3.8) is 0 Å². The van der Waals surface area contributed by atoms with E-state index in [0.29, 0.717) is 12.2 Å². The van der Waals surface area contributed by atoms with Gasteiger partial charge in [-0.1, -0.05) is 88.3 Å². The average molecular weight is 445 g/mol. The van der Waals surface area contributed by atoms with Crippen LogP contribution in [0.1, 0.15) is 81.9 Å². The molecule has 0 aliphatic carbocycles. The maximum atomic E-state index is 13.1. The Bertz CT molecular complexity index is 865. The summed E-state index contributed by atoms with van der Waals surface area (Å²) in [6.07, 6.45) is 11.2. The molecule has 0 saturated carbocycles. The number of unbranched alkanes of at least 4 members (excludes halogenated alkanes) is 7. The second kappa shape index (κ2) is 13.8. The maximum Gasteiger partial charge on any atom is 0.416 e. The van der Waals surface area contributed by atoms with Gasteiger partial charge in [-0.15, -0.1) is 0 Å². The molecule has 2 aromatic carbocycles. The first-order chi connectivity index (χ1) is 15.4. The third-order valence-corrected chi connectivity index (χ3v) is 5.32. The van der Waals surface area contributed by atoms with Crippen molar-refractivity contribution >= 4 is 11.6 Å². The van der Waals surface area contributed by atoms with Gasteiger partial charge in [-0.05, 0) is 60.4 Å². The molecule has 1 nitrogen and oxygen atoms in total. The Morgan fingerprint density at radius 2 is 1.56 bits per heavy atom. The van der Waals surface area contributed by atoms with E-state index >= 15 is 0 Å². The summed E-state index contributed by atoms with van der Waals surface area (Å²) in [4.78, 5) is 0. The molecule has 0 atom stereocenters. The van der Waals surface area contributed by atoms with Gasteiger partial charge in [0.05, 0.1) is 12.2 Å². The molecule has 4 heteroatoms. The summed E-state index contributed by atoms with van der Waals surface area (Å²) in [5.74, 6) is 0.783. The lowest BCUT2D eigenvalue weighted by atomic mass is 10.00. The van der Waals surface area contributed by atoms with E-state index in [0.717, 1.165) is 29.4 Å². The van der Waals surface area contributed by atoms with Crippen molar-refractivity contribution in [3.05, 3.63) is 77.4 Å². The predicted molar refractivity (Wildman–Crippen MR) is 129 cm³/mol. The molecule has 0 saturated heterocycles. The third kappa shape index (κ3) is 9.33. The van der Waals surface area contributed by atoms with Crippen LogP contribution in [0.2, 0.25) is 0 Å². The predicted octanol–water partition coefficient (Wildman–Crippen LogP) is 9.34. The maximum absolute atomic E-state index is 13.1. The number of hydrogen-bond acceptors (Lipinski definition) is 1. The highest BCUT2D eigenvalue weighted by atomic mass is 19.4. The first-order valence-electron chi connectivity index (χ1n) is 11.7. The van der Waals surface area contributed by atoms with Crippen molar-refractivity contribution in [1.82, 2.24) is 0 Å². The van der Waals surface area contributed by atoms with Crippen LogP contribution in [0.5, 0.6) is 5.75 Å². The topological polar surface area (TPSA) is 9.23 Å². The summed E-state index contributed by atoms with van der Waals surface area (Å²) in [7, 11) is 0. The van der Waals surface area contributed by atoms with Crippen molar-refractivity contribution < 1.29 is 17.9 Å². The van der Waals surface area contributed by atoms with Crippen molar-refractivity contribution in [2.45, 2.75) is 71.4 Å². The van der Waals surface area contributed by atoms with Crippen LogP contribution in [0.15, 0.2) is 60.7 Å². The molecule has 0 aliphatic heterocycles. The fourth-order valence-electron chi connectivity index (χ4n) is 3.58. The lowest BCUT2D eigenvalue weighted by Gasteiger charge is -2.10. The molecule has 0 aliphatic rings. The number of alkyl halides is 3. The van der Waals surface area contributed by atoms with Gasteiger partial charge in [0.15, 0.2) is 0 Å². The van der Waals surface area contributed by atoms with Crippen LogP contribution in [0, 0.1) is 0 Å². The Morgan fingerprint density at radius 1 is 0.875 bits per heavy atom. The van der Waals surface area contributed by atoms with E-state index in [1.807, 2.05) is 49.4 Å². The van der Waals surface area contributed by atoms with Crippen molar-refractivity contribution in [1.29, 1.82) is 0 Å². The highest BCUT2D eigenvalue weighted by molar-refractivity contribution is 5.87. The Labute approximate surface area is 191 Å². The highest BCUT2D eigenvalue weighted by Gasteiger charge is 2.30. The first kappa shape index (κ1) is 25.8. The van der Waals surface area contributed by atoms with Crippen LogP contribution in [0.4, 0.5) is 13.2 Å². The molecule has 0 aromatic heterocycles. The minimum atomic E-state index is -4.36. The fraction of sp³-hybridized carbons (Fsp3) is 0.429. The quantitative estimate of drug-likeness (QED) is 0.170. The molecule has 0 fully saturated rings. The zero-order chi connectivity index (χ0) is 23.2. The standard InChI is InChI=1S/C28H35F3O/c1-3-5-6-7-8-9-10-11-19-32-27-18-12-15-23(21-27)20-24(14-4-2)25-16-13-17-26(22-25)28(29,30)31/h4,12-18,20-22H,3,5-11,19H2,1-2H3/b14-4?,24-20-. The van der Waals surface area contributed by atoms with Crippen molar-refractivity contribution in [2.75, 3.05) is 6.61 Å². The smallest absolute Gasteiger partial charge is 0.416 e. The Hall–Kier alpha value is -2.49. The van der Waals surface area contributed by atoms with E-state index < -0.39 is 11.7 Å². The molecular formula is C28H35F3O. The fourth-order valence-corrected chi connectivity index (χ4v) is 3.58. The lowest BCUT2D eigenvalue weighted by Crippen LogP contribution is -2.04. The van der Waals surface area contributed by atoms with Gasteiger partial charge in [-0.25, -0.2) is 0 Å². The van der Waals surface area contributed by atoms with Crippen LogP contribution >= 0.6 is 0 Å². The molecule has 0 unspecified atom stereocenters. The summed E-state index contributed by atoms with van der Waals surface area (Å²) in [5, 5.41) is 0. The second-order valence-corrected chi connectivity index (χ2v) is 8.07. The summed E-state index contributed by atoms with van der Waals surface area (Å²) >= 11 is 0. The molecule has 0 spiro atoms. The lowest BCUT2D eigenvalue weighted by molar-refractivity contribution is -0.137. The molecule has 0 amide bonds. The average Bonchev–Trinajstić information content (AvgIpc) is 2.77. The minimum Gasteiger partial charge on any atom is -0.494 e. The summed E-state index contributed by atoms with van der Waals surface area (Å²) in [6.45, 7) is 4.76. The minimum absolute atomic E-state index is 0.531. The van der Waals surface area contributed by atoms with Gasteiger partial charge in [0, 0.05) is 0 Å². The van der Waals surface area contributed by atoms with Crippen LogP contribution in [0.3, 0.4) is 0 Å². The molecule has 0 heterocycles. The number of ether oxygens (including phenoxy) is 1. The number of benzene rings is 2. The van der Waals surface area contributed by atoms with E-state index in [1.54, 1.807) is 6.07 Å². The molecule has 0 radical (unpaired) electrons. The van der Waals surface area contributed by atoms with Gasteiger partial charge < -0.3 is 4.74 Å². The SMILES string of the molecule is CC=C/C(=C/c1cccc(OCCCCCCCCCC)c1)c1cccc(C(F)(F)F)c1. The van der Waals surface area contributed by atoms with Crippen LogP contribution in [0.25, 0.3) is 11.6 Å². The summed E-state index contributed by atoms with van der Waals surface area (Å²) < 4.78 is 45.2. The largest absolute Gasteiger partial charge is 0.494 e. The molecule has 2 aromatic rings.